The lowest BCUT2D eigenvalue weighted by atomic mass is 10.1. The van der Waals surface area contributed by atoms with Gasteiger partial charge in [-0.2, -0.15) is 22.0 Å². The van der Waals surface area contributed by atoms with Crippen molar-refractivity contribution in [3.8, 4) is 23.0 Å². The number of nitrogens with two attached hydrogens (primary N) is 1. The molecule has 0 bridgehead atoms. The van der Waals surface area contributed by atoms with E-state index in [1.54, 1.807) is 0 Å². The minimum atomic E-state index is -4.66. The van der Waals surface area contributed by atoms with Crippen molar-refractivity contribution < 1.29 is 40.6 Å². The van der Waals surface area contributed by atoms with Crippen LogP contribution in [0.15, 0.2) is 52.9 Å². The van der Waals surface area contributed by atoms with E-state index in [-0.39, 0.29) is 58.4 Å². The van der Waals surface area contributed by atoms with Crippen LogP contribution in [-0.4, -0.2) is 29.6 Å². The van der Waals surface area contributed by atoms with Crippen LogP contribution in [0.1, 0.15) is 27.5 Å². The molecule has 4 aromatic rings. The second-order valence-electron chi connectivity index (χ2n) is 7.61. The van der Waals surface area contributed by atoms with Crippen molar-refractivity contribution in [2.75, 3.05) is 7.11 Å². The van der Waals surface area contributed by atoms with Gasteiger partial charge < -0.3 is 24.9 Å². The number of hydrogen-bond acceptors (Lipinski definition) is 7. The van der Waals surface area contributed by atoms with Crippen molar-refractivity contribution in [1.29, 1.82) is 0 Å². The van der Waals surface area contributed by atoms with Gasteiger partial charge in [0.1, 0.15) is 22.7 Å². The molecule has 0 unspecified atom stereocenters. The molecule has 8 nitrogen and oxygen atoms in total. The largest absolute Gasteiger partial charge is 0.494 e. The topological polar surface area (TPSA) is 112 Å². The fourth-order valence-corrected chi connectivity index (χ4v) is 3.54. The number of carbonyl (C=O) groups is 1. The third-order valence-corrected chi connectivity index (χ3v) is 5.26. The number of benzene rings is 2. The highest BCUT2D eigenvalue weighted by Gasteiger charge is 2.33. The van der Waals surface area contributed by atoms with E-state index < -0.39 is 24.4 Å². The number of halogens is 5. The minimum Gasteiger partial charge on any atom is -0.494 e. The van der Waals surface area contributed by atoms with Crippen LogP contribution in [0.5, 0.6) is 11.5 Å². The molecule has 1 amide bonds. The van der Waals surface area contributed by atoms with Gasteiger partial charge in [0, 0.05) is 17.5 Å². The summed E-state index contributed by atoms with van der Waals surface area (Å²) in [5.41, 5.74) is 5.33. The smallest absolute Gasteiger partial charge is 0.433 e. The third kappa shape index (κ3) is 5.61. The molecule has 0 atom stereocenters. The van der Waals surface area contributed by atoms with Crippen molar-refractivity contribution in [3.05, 3.63) is 71.2 Å². The van der Waals surface area contributed by atoms with Gasteiger partial charge in [-0.1, -0.05) is 12.1 Å². The van der Waals surface area contributed by atoms with E-state index in [0.29, 0.717) is 5.56 Å². The molecular weight excluding hydrogens is 503 g/mol. The van der Waals surface area contributed by atoms with E-state index in [1.807, 2.05) is 0 Å². The molecule has 0 spiro atoms. The highest BCUT2D eigenvalue weighted by Crippen LogP contribution is 2.37. The molecule has 2 aromatic heterocycles. The number of nitrogens with one attached hydrogen (secondary N) is 1. The molecule has 194 valence electrons. The second-order valence-corrected chi connectivity index (χ2v) is 7.61. The molecule has 37 heavy (non-hydrogen) atoms. The quantitative estimate of drug-likeness (QED) is 0.316. The van der Waals surface area contributed by atoms with E-state index in [2.05, 4.69) is 20.0 Å². The Bertz CT molecular complexity index is 1420. The summed E-state index contributed by atoms with van der Waals surface area (Å²) in [6, 6.07) is 10.6. The average molecular weight is 522 g/mol. The van der Waals surface area contributed by atoms with Crippen molar-refractivity contribution in [3.63, 3.8) is 0 Å². The maximum absolute atomic E-state index is 13.2. The Morgan fingerprint density at radius 3 is 2.43 bits per heavy atom. The molecule has 3 N–H and O–H groups in total. The first-order valence-corrected chi connectivity index (χ1v) is 10.7. The first-order valence-electron chi connectivity index (χ1n) is 10.7. The molecule has 0 aliphatic carbocycles. The molecule has 13 heteroatoms. The standard InChI is InChI=1S/C24H19F5N4O4/c1-35-16-8-6-15(14-7-9-18(24(27,28)29)32-19(14)16)22-33-20(17(10-30)37-22)21(34)31-11-12-2-4-13(5-3-12)36-23(25)26/h2-9,23H,10-11,30H2,1H3,(H,31,34). The van der Waals surface area contributed by atoms with Crippen LogP contribution in [0.4, 0.5) is 22.0 Å². The van der Waals surface area contributed by atoms with Gasteiger partial charge >= 0.3 is 12.8 Å². The summed E-state index contributed by atoms with van der Waals surface area (Å²) >= 11 is 0. The number of pyridine rings is 1. The van der Waals surface area contributed by atoms with E-state index in [9.17, 15) is 26.7 Å². The first kappa shape index (κ1) is 25.8. The number of hydrogen-bond donors (Lipinski definition) is 2. The highest BCUT2D eigenvalue weighted by atomic mass is 19.4. The first-order chi connectivity index (χ1) is 17.6. The van der Waals surface area contributed by atoms with Crippen molar-refractivity contribution in [2.45, 2.75) is 25.9 Å². The predicted molar refractivity (Wildman–Crippen MR) is 121 cm³/mol. The molecular formula is C24H19F5N4O4. The van der Waals surface area contributed by atoms with Gasteiger partial charge in [-0.25, -0.2) is 9.97 Å². The number of ether oxygens (including phenoxy) is 2. The number of nitrogens with zero attached hydrogens (tertiary/aromatic N) is 2. The number of alkyl halides is 5. The zero-order valence-corrected chi connectivity index (χ0v) is 19.1. The van der Waals surface area contributed by atoms with Gasteiger partial charge in [0.2, 0.25) is 5.89 Å². The van der Waals surface area contributed by atoms with Gasteiger partial charge in [0.25, 0.3) is 5.91 Å². The Hall–Kier alpha value is -4.26. The Morgan fingerprint density at radius 2 is 1.81 bits per heavy atom. The third-order valence-electron chi connectivity index (χ3n) is 5.26. The molecule has 4 rings (SSSR count). The van der Waals surface area contributed by atoms with Gasteiger partial charge in [0.05, 0.1) is 13.7 Å². The lowest BCUT2D eigenvalue weighted by Gasteiger charge is -2.11. The van der Waals surface area contributed by atoms with Crippen LogP contribution in [0.2, 0.25) is 0 Å². The minimum absolute atomic E-state index is 0.0276. The maximum atomic E-state index is 13.2. The van der Waals surface area contributed by atoms with Crippen molar-refractivity contribution >= 4 is 16.8 Å². The SMILES string of the molecule is COc1ccc(-c2nc(C(=O)NCc3ccc(OC(F)F)cc3)c(CN)o2)c2ccc(C(F)(F)F)nc12. The van der Waals surface area contributed by atoms with E-state index >= 15 is 0 Å². The number of fused-ring (bicyclic) bond motifs is 1. The molecule has 2 aromatic carbocycles. The van der Waals surface area contributed by atoms with E-state index in [0.717, 1.165) is 6.07 Å². The Labute approximate surface area is 206 Å². The fraction of sp³-hybridized carbons (Fsp3) is 0.208. The Morgan fingerprint density at radius 1 is 1.08 bits per heavy atom. The number of amides is 1. The number of aromatic nitrogens is 2. The van der Waals surface area contributed by atoms with E-state index in [4.69, 9.17) is 14.9 Å². The van der Waals surface area contributed by atoms with Crippen LogP contribution >= 0.6 is 0 Å². The molecule has 0 radical (unpaired) electrons. The van der Waals surface area contributed by atoms with Crippen LogP contribution in [0.25, 0.3) is 22.4 Å². The van der Waals surface area contributed by atoms with Crippen molar-refractivity contribution in [1.82, 2.24) is 15.3 Å². The number of oxazole rings is 1. The molecule has 0 aliphatic heterocycles. The molecule has 0 fully saturated rings. The summed E-state index contributed by atoms with van der Waals surface area (Å²) in [4.78, 5) is 20.7. The number of rotatable bonds is 8. The molecule has 0 aliphatic rings. The zero-order chi connectivity index (χ0) is 26.7. The van der Waals surface area contributed by atoms with Gasteiger partial charge in [-0.15, -0.1) is 0 Å². The van der Waals surface area contributed by atoms with Gasteiger partial charge in [-0.05, 0) is 42.0 Å². The molecule has 0 saturated carbocycles. The fourth-order valence-electron chi connectivity index (χ4n) is 3.54. The normalized spacial score (nSPS) is 11.7. The maximum Gasteiger partial charge on any atom is 0.433 e. The number of carbonyl (C=O) groups excluding carboxylic acids is 1. The second kappa shape index (κ2) is 10.4. The monoisotopic (exact) mass is 522 g/mol. The van der Waals surface area contributed by atoms with Gasteiger partial charge in [0.15, 0.2) is 11.5 Å². The average Bonchev–Trinajstić information content (AvgIpc) is 3.30. The predicted octanol–water partition coefficient (Wildman–Crippen LogP) is 4.91. The Kier molecular flexibility index (Phi) is 7.25. The molecule has 0 saturated heterocycles. The summed E-state index contributed by atoms with van der Waals surface area (Å²) in [5, 5.41) is 2.89. The van der Waals surface area contributed by atoms with Crippen LogP contribution in [0.3, 0.4) is 0 Å². The van der Waals surface area contributed by atoms with E-state index in [1.165, 1.54) is 49.6 Å². The van der Waals surface area contributed by atoms with Gasteiger partial charge in [-0.3, -0.25) is 4.79 Å². The summed E-state index contributed by atoms with van der Waals surface area (Å²) in [6.45, 7) is -3.10. The summed E-state index contributed by atoms with van der Waals surface area (Å²) < 4.78 is 79.3. The highest BCUT2D eigenvalue weighted by molar-refractivity contribution is 5.98. The Balaban J connectivity index is 1.61. The lowest BCUT2D eigenvalue weighted by molar-refractivity contribution is -0.140. The zero-order valence-electron chi connectivity index (χ0n) is 19.1. The van der Waals surface area contributed by atoms with Crippen LogP contribution in [-0.2, 0) is 19.3 Å². The lowest BCUT2D eigenvalue weighted by Crippen LogP contribution is -2.24. The van der Waals surface area contributed by atoms with Crippen molar-refractivity contribution in [2.24, 2.45) is 5.73 Å². The summed E-state index contributed by atoms with van der Waals surface area (Å²) in [5.74, 6) is -0.539. The van der Waals surface area contributed by atoms with Crippen LogP contribution < -0.4 is 20.5 Å². The van der Waals surface area contributed by atoms with Crippen LogP contribution in [0, 0.1) is 0 Å². The summed E-state index contributed by atoms with van der Waals surface area (Å²) in [6.07, 6.45) is -4.66. The number of methoxy groups -OCH3 is 1. The summed E-state index contributed by atoms with van der Waals surface area (Å²) in [7, 11) is 1.30. The molecule has 2 heterocycles.